The number of halogens is 2. The van der Waals surface area contributed by atoms with Gasteiger partial charge in [0.1, 0.15) is 11.6 Å². The Labute approximate surface area is 151 Å². The Hall–Kier alpha value is -3.88. The van der Waals surface area contributed by atoms with E-state index in [1.165, 1.54) is 6.20 Å². The molecule has 0 bridgehead atoms. The minimum atomic E-state index is -0.878. The number of hydrogen-bond acceptors (Lipinski definition) is 5. The van der Waals surface area contributed by atoms with E-state index in [2.05, 4.69) is 25.5 Å². The van der Waals surface area contributed by atoms with E-state index < -0.39 is 11.6 Å². The van der Waals surface area contributed by atoms with E-state index in [9.17, 15) is 13.6 Å². The van der Waals surface area contributed by atoms with Crippen LogP contribution in [0.5, 0.6) is 11.8 Å². The van der Waals surface area contributed by atoms with E-state index in [0.29, 0.717) is 22.8 Å². The van der Waals surface area contributed by atoms with Gasteiger partial charge >= 0.3 is 6.01 Å². The summed E-state index contributed by atoms with van der Waals surface area (Å²) in [6.45, 7) is 0. The summed E-state index contributed by atoms with van der Waals surface area (Å²) >= 11 is 0. The molecule has 0 radical (unpaired) electrons. The number of benzene rings is 2. The molecule has 0 aliphatic rings. The van der Waals surface area contributed by atoms with Gasteiger partial charge in [0.15, 0.2) is 17.2 Å². The van der Waals surface area contributed by atoms with Crippen LogP contribution in [0.25, 0.3) is 11.0 Å². The van der Waals surface area contributed by atoms with Crippen LogP contribution in [-0.4, -0.2) is 26.1 Å². The van der Waals surface area contributed by atoms with Gasteiger partial charge in [0.25, 0.3) is 5.91 Å². The fourth-order valence-electron chi connectivity index (χ4n) is 2.36. The van der Waals surface area contributed by atoms with Crippen LogP contribution in [0.3, 0.4) is 0 Å². The number of amides is 1. The second kappa shape index (κ2) is 6.79. The number of nitrogens with one attached hydrogen (secondary N) is 2. The summed E-state index contributed by atoms with van der Waals surface area (Å²) in [6, 6.07) is 11.4. The van der Waals surface area contributed by atoms with Gasteiger partial charge in [-0.25, -0.2) is 13.8 Å². The second-order valence-electron chi connectivity index (χ2n) is 5.49. The summed E-state index contributed by atoms with van der Waals surface area (Å²) < 4.78 is 31.8. The van der Waals surface area contributed by atoms with Crippen molar-refractivity contribution in [2.24, 2.45) is 0 Å². The van der Waals surface area contributed by atoms with Crippen molar-refractivity contribution in [2.75, 3.05) is 5.32 Å². The standard InChI is InChI=1S/C18H11F2N5O2/c19-11-6-7-14(13(20)8-11)27-18-21-9-12-15(24-25-16(12)23-18)22-17(26)10-4-2-1-3-5-10/h1-9H,(H2,21,22,23,24,25,26). The quantitative estimate of drug-likeness (QED) is 0.574. The summed E-state index contributed by atoms with van der Waals surface area (Å²) in [5.74, 6) is -1.82. The van der Waals surface area contributed by atoms with Crippen LogP contribution < -0.4 is 10.1 Å². The Bertz CT molecular complexity index is 1130. The lowest BCUT2D eigenvalue weighted by Crippen LogP contribution is -2.12. The Kier molecular flexibility index (Phi) is 4.17. The summed E-state index contributed by atoms with van der Waals surface area (Å²) in [5, 5.41) is 9.78. The maximum atomic E-state index is 13.7. The highest BCUT2D eigenvalue weighted by atomic mass is 19.1. The lowest BCUT2D eigenvalue weighted by molar-refractivity contribution is 0.102. The summed E-state index contributed by atoms with van der Waals surface area (Å²) in [7, 11) is 0. The normalized spacial score (nSPS) is 10.7. The van der Waals surface area contributed by atoms with Crippen molar-refractivity contribution in [3.05, 3.63) is 71.9 Å². The molecule has 2 heterocycles. The SMILES string of the molecule is O=C(Nc1[nH]nc2nc(Oc3ccc(F)cc3F)ncc12)c1ccccc1. The lowest BCUT2D eigenvalue weighted by atomic mass is 10.2. The molecule has 0 saturated carbocycles. The molecule has 0 atom stereocenters. The van der Waals surface area contributed by atoms with Crippen molar-refractivity contribution in [3.63, 3.8) is 0 Å². The zero-order chi connectivity index (χ0) is 18.8. The number of fused-ring (bicyclic) bond motifs is 1. The van der Waals surface area contributed by atoms with Crippen LogP contribution in [0.15, 0.2) is 54.7 Å². The molecule has 2 N–H and O–H groups in total. The first-order valence-corrected chi connectivity index (χ1v) is 7.80. The topological polar surface area (TPSA) is 92.8 Å². The zero-order valence-electron chi connectivity index (χ0n) is 13.6. The number of aromatic nitrogens is 4. The first-order chi connectivity index (χ1) is 13.1. The highest BCUT2D eigenvalue weighted by Crippen LogP contribution is 2.25. The predicted molar refractivity (Wildman–Crippen MR) is 92.5 cm³/mol. The predicted octanol–water partition coefficient (Wildman–Crippen LogP) is 3.68. The summed E-state index contributed by atoms with van der Waals surface area (Å²) in [5.41, 5.74) is 0.693. The van der Waals surface area contributed by atoms with E-state index in [1.807, 2.05) is 6.07 Å². The van der Waals surface area contributed by atoms with E-state index >= 15 is 0 Å². The Balaban J connectivity index is 1.57. The third-order valence-electron chi connectivity index (χ3n) is 3.66. The molecule has 0 aliphatic carbocycles. The van der Waals surface area contributed by atoms with Crippen molar-refractivity contribution in [2.45, 2.75) is 0 Å². The van der Waals surface area contributed by atoms with E-state index in [4.69, 9.17) is 4.74 Å². The Morgan fingerprint density at radius 3 is 2.70 bits per heavy atom. The molecular formula is C18H11F2N5O2. The molecule has 0 aliphatic heterocycles. The first kappa shape index (κ1) is 16.6. The summed E-state index contributed by atoms with van der Waals surface area (Å²) in [4.78, 5) is 20.3. The maximum Gasteiger partial charge on any atom is 0.324 e. The van der Waals surface area contributed by atoms with Gasteiger partial charge in [0, 0.05) is 17.8 Å². The van der Waals surface area contributed by atoms with Gasteiger partial charge in [-0.05, 0) is 24.3 Å². The molecule has 0 spiro atoms. The number of carbonyl (C=O) groups excluding carboxylic acids is 1. The molecule has 4 aromatic rings. The number of ether oxygens (including phenoxy) is 1. The number of nitrogens with zero attached hydrogens (tertiary/aromatic N) is 3. The smallest absolute Gasteiger partial charge is 0.324 e. The number of carbonyl (C=O) groups is 1. The van der Waals surface area contributed by atoms with Crippen LogP contribution in [0.1, 0.15) is 10.4 Å². The fraction of sp³-hybridized carbons (Fsp3) is 0. The van der Waals surface area contributed by atoms with Crippen molar-refractivity contribution >= 4 is 22.8 Å². The average Bonchev–Trinajstić information content (AvgIpc) is 3.07. The fourth-order valence-corrected chi connectivity index (χ4v) is 2.36. The van der Waals surface area contributed by atoms with Crippen LogP contribution in [0.4, 0.5) is 14.6 Å². The molecule has 1 amide bonds. The van der Waals surface area contributed by atoms with Crippen LogP contribution in [0.2, 0.25) is 0 Å². The first-order valence-electron chi connectivity index (χ1n) is 7.80. The molecule has 2 aromatic carbocycles. The molecule has 134 valence electrons. The highest BCUT2D eigenvalue weighted by molar-refractivity contribution is 6.07. The number of hydrogen-bond donors (Lipinski definition) is 2. The third-order valence-corrected chi connectivity index (χ3v) is 3.66. The molecule has 7 nitrogen and oxygen atoms in total. The lowest BCUT2D eigenvalue weighted by Gasteiger charge is -2.05. The number of anilines is 1. The van der Waals surface area contributed by atoms with E-state index in [1.54, 1.807) is 24.3 Å². The number of H-pyrrole nitrogens is 1. The van der Waals surface area contributed by atoms with Crippen LogP contribution in [0, 0.1) is 11.6 Å². The van der Waals surface area contributed by atoms with Crippen LogP contribution in [-0.2, 0) is 0 Å². The number of rotatable bonds is 4. The minimum absolute atomic E-state index is 0.166. The molecule has 9 heteroatoms. The van der Waals surface area contributed by atoms with Gasteiger partial charge in [-0.15, -0.1) is 0 Å². The minimum Gasteiger partial charge on any atom is -0.421 e. The monoisotopic (exact) mass is 367 g/mol. The highest BCUT2D eigenvalue weighted by Gasteiger charge is 2.14. The van der Waals surface area contributed by atoms with E-state index in [-0.39, 0.29) is 23.3 Å². The number of aromatic amines is 1. The summed E-state index contributed by atoms with van der Waals surface area (Å²) in [6.07, 6.45) is 1.38. The Morgan fingerprint density at radius 1 is 1.11 bits per heavy atom. The van der Waals surface area contributed by atoms with Crippen molar-refractivity contribution < 1.29 is 18.3 Å². The second-order valence-corrected chi connectivity index (χ2v) is 5.49. The largest absolute Gasteiger partial charge is 0.421 e. The van der Waals surface area contributed by atoms with Crippen molar-refractivity contribution in [1.29, 1.82) is 0 Å². The van der Waals surface area contributed by atoms with Gasteiger partial charge in [0.2, 0.25) is 0 Å². The van der Waals surface area contributed by atoms with Gasteiger partial charge in [-0.2, -0.15) is 10.1 Å². The van der Waals surface area contributed by atoms with Gasteiger partial charge < -0.3 is 10.1 Å². The van der Waals surface area contributed by atoms with Gasteiger partial charge in [0.05, 0.1) is 5.39 Å². The van der Waals surface area contributed by atoms with E-state index in [0.717, 1.165) is 12.1 Å². The molecule has 0 saturated heterocycles. The Morgan fingerprint density at radius 2 is 1.93 bits per heavy atom. The molecule has 27 heavy (non-hydrogen) atoms. The average molecular weight is 367 g/mol. The zero-order valence-corrected chi connectivity index (χ0v) is 13.6. The van der Waals surface area contributed by atoms with Crippen molar-refractivity contribution in [3.8, 4) is 11.8 Å². The van der Waals surface area contributed by atoms with Crippen LogP contribution >= 0.6 is 0 Å². The van der Waals surface area contributed by atoms with Gasteiger partial charge in [-0.3, -0.25) is 9.89 Å². The van der Waals surface area contributed by atoms with Gasteiger partial charge in [-0.1, -0.05) is 18.2 Å². The van der Waals surface area contributed by atoms with Crippen molar-refractivity contribution in [1.82, 2.24) is 20.2 Å². The molecule has 2 aromatic heterocycles. The third kappa shape index (κ3) is 3.43. The molecular weight excluding hydrogens is 356 g/mol. The molecule has 0 fully saturated rings. The molecule has 0 unspecified atom stereocenters. The molecule has 4 rings (SSSR count). The maximum absolute atomic E-state index is 13.7.